The molecule has 2 heterocycles. The second-order valence-electron chi connectivity index (χ2n) is 6.98. The standard InChI is InChI=1S/C16H31N5O3S.HI/c1-4-17-16(19-14-5-6-15(22)20(2)12-14)18-11-13-7-9-21(10-8-13)25(3,23)24;/h13-14H,4-12H2,1-3H3,(H2,17,18,19);1H. The molecule has 2 aliphatic heterocycles. The summed E-state index contributed by atoms with van der Waals surface area (Å²) in [5, 5.41) is 6.68. The molecule has 0 bridgehead atoms. The van der Waals surface area contributed by atoms with E-state index >= 15 is 0 Å². The molecule has 2 N–H and O–H groups in total. The molecule has 0 aromatic rings. The molecular formula is C16H32IN5O3S. The van der Waals surface area contributed by atoms with Crippen LogP contribution < -0.4 is 10.6 Å². The first-order valence-electron chi connectivity index (χ1n) is 9.03. The third-order valence-electron chi connectivity index (χ3n) is 4.86. The number of piperidine rings is 2. The minimum atomic E-state index is -3.08. The Morgan fingerprint density at radius 2 is 1.92 bits per heavy atom. The number of amides is 1. The van der Waals surface area contributed by atoms with Crippen LogP contribution in [-0.4, -0.2) is 81.6 Å². The zero-order valence-corrected chi connectivity index (χ0v) is 19.0. The Morgan fingerprint density at radius 1 is 1.27 bits per heavy atom. The molecule has 0 aromatic heterocycles. The molecule has 0 radical (unpaired) electrons. The van der Waals surface area contributed by atoms with Crippen LogP contribution >= 0.6 is 24.0 Å². The smallest absolute Gasteiger partial charge is 0.222 e. The van der Waals surface area contributed by atoms with Gasteiger partial charge in [0.2, 0.25) is 15.9 Å². The Bertz CT molecular complexity index is 591. The summed E-state index contributed by atoms with van der Waals surface area (Å²) < 4.78 is 24.7. The van der Waals surface area contributed by atoms with Crippen LogP contribution in [0.1, 0.15) is 32.6 Å². The minimum Gasteiger partial charge on any atom is -0.357 e. The number of aliphatic imine (C=N–C) groups is 1. The maximum Gasteiger partial charge on any atom is 0.222 e. The SMILES string of the molecule is CCNC(=NCC1CCN(S(C)(=O)=O)CC1)NC1CCC(=O)N(C)C1.I. The molecule has 10 heteroatoms. The quantitative estimate of drug-likeness (QED) is 0.324. The number of sulfonamides is 1. The van der Waals surface area contributed by atoms with Crippen LogP contribution in [0.2, 0.25) is 0 Å². The Labute approximate surface area is 174 Å². The first-order chi connectivity index (χ1) is 11.8. The van der Waals surface area contributed by atoms with Gasteiger partial charge in [-0.25, -0.2) is 12.7 Å². The van der Waals surface area contributed by atoms with Crippen LogP contribution in [0.4, 0.5) is 0 Å². The van der Waals surface area contributed by atoms with Gasteiger partial charge in [-0.15, -0.1) is 24.0 Å². The number of likely N-dealkylation sites (tertiary alicyclic amines) is 1. The van der Waals surface area contributed by atoms with E-state index in [1.807, 2.05) is 14.0 Å². The monoisotopic (exact) mass is 501 g/mol. The van der Waals surface area contributed by atoms with Crippen molar-refractivity contribution < 1.29 is 13.2 Å². The molecule has 0 spiro atoms. The van der Waals surface area contributed by atoms with Crippen molar-refractivity contribution >= 4 is 45.9 Å². The summed E-state index contributed by atoms with van der Waals surface area (Å²) in [4.78, 5) is 18.0. The van der Waals surface area contributed by atoms with E-state index in [1.165, 1.54) is 6.26 Å². The van der Waals surface area contributed by atoms with Crippen molar-refractivity contribution in [1.82, 2.24) is 19.8 Å². The fourth-order valence-electron chi connectivity index (χ4n) is 3.29. The van der Waals surface area contributed by atoms with Crippen molar-refractivity contribution in [1.29, 1.82) is 0 Å². The maximum absolute atomic E-state index is 11.6. The Hall–Kier alpha value is -0.620. The van der Waals surface area contributed by atoms with Crippen LogP contribution in [0.3, 0.4) is 0 Å². The summed E-state index contributed by atoms with van der Waals surface area (Å²) >= 11 is 0. The second kappa shape index (κ2) is 10.6. The van der Waals surface area contributed by atoms with E-state index in [2.05, 4.69) is 15.6 Å². The zero-order chi connectivity index (χ0) is 18.4. The van der Waals surface area contributed by atoms with Crippen LogP contribution in [0.25, 0.3) is 0 Å². The second-order valence-corrected chi connectivity index (χ2v) is 8.96. The summed E-state index contributed by atoms with van der Waals surface area (Å²) in [6, 6.07) is 0.215. The Balaban J connectivity index is 0.00000338. The first-order valence-corrected chi connectivity index (χ1v) is 10.9. The summed E-state index contributed by atoms with van der Waals surface area (Å²) in [6.07, 6.45) is 4.34. The highest BCUT2D eigenvalue weighted by Gasteiger charge is 2.25. The molecule has 1 atom stereocenters. The van der Waals surface area contributed by atoms with Gasteiger partial charge in [0, 0.05) is 52.2 Å². The molecule has 1 amide bonds. The average Bonchev–Trinajstić information content (AvgIpc) is 2.56. The number of likely N-dealkylation sites (N-methyl/N-ethyl adjacent to an activating group) is 1. The van der Waals surface area contributed by atoms with E-state index in [0.29, 0.717) is 38.5 Å². The molecule has 0 saturated carbocycles. The van der Waals surface area contributed by atoms with Gasteiger partial charge in [0.1, 0.15) is 0 Å². The summed E-state index contributed by atoms with van der Waals surface area (Å²) in [6.45, 7) is 5.35. The minimum absolute atomic E-state index is 0. The van der Waals surface area contributed by atoms with Crippen molar-refractivity contribution in [2.45, 2.75) is 38.6 Å². The lowest BCUT2D eigenvalue weighted by atomic mass is 9.98. The zero-order valence-electron chi connectivity index (χ0n) is 15.9. The van der Waals surface area contributed by atoms with Gasteiger partial charge in [-0.1, -0.05) is 0 Å². The number of halogens is 1. The number of nitrogens with zero attached hydrogens (tertiary/aromatic N) is 3. The number of carbonyl (C=O) groups excluding carboxylic acids is 1. The Kier molecular flexibility index (Phi) is 9.59. The average molecular weight is 501 g/mol. The number of carbonyl (C=O) groups is 1. The number of rotatable bonds is 5. The lowest BCUT2D eigenvalue weighted by Crippen LogP contribution is -2.51. The van der Waals surface area contributed by atoms with Crippen molar-refractivity contribution in [3.05, 3.63) is 0 Å². The molecular weight excluding hydrogens is 469 g/mol. The van der Waals surface area contributed by atoms with Crippen LogP contribution in [0.15, 0.2) is 4.99 Å². The Morgan fingerprint density at radius 3 is 2.46 bits per heavy atom. The van der Waals surface area contributed by atoms with Crippen molar-refractivity contribution in [3.63, 3.8) is 0 Å². The lowest BCUT2D eigenvalue weighted by molar-refractivity contribution is -0.132. The van der Waals surface area contributed by atoms with Gasteiger partial charge >= 0.3 is 0 Å². The van der Waals surface area contributed by atoms with Gasteiger partial charge in [-0.05, 0) is 32.1 Å². The molecule has 2 aliphatic rings. The molecule has 2 saturated heterocycles. The molecule has 2 rings (SSSR count). The largest absolute Gasteiger partial charge is 0.357 e. The molecule has 0 aromatic carbocycles. The van der Waals surface area contributed by atoms with E-state index < -0.39 is 10.0 Å². The number of guanidine groups is 1. The van der Waals surface area contributed by atoms with Gasteiger partial charge in [-0.3, -0.25) is 9.79 Å². The van der Waals surface area contributed by atoms with E-state index in [0.717, 1.165) is 31.8 Å². The lowest BCUT2D eigenvalue weighted by Gasteiger charge is -2.32. The fourth-order valence-corrected chi connectivity index (χ4v) is 4.16. The van der Waals surface area contributed by atoms with Crippen LogP contribution in [0.5, 0.6) is 0 Å². The van der Waals surface area contributed by atoms with Gasteiger partial charge in [0.15, 0.2) is 5.96 Å². The molecule has 152 valence electrons. The summed E-state index contributed by atoms with van der Waals surface area (Å²) in [7, 11) is -1.25. The van der Waals surface area contributed by atoms with Gasteiger partial charge < -0.3 is 15.5 Å². The van der Waals surface area contributed by atoms with Gasteiger partial charge in [-0.2, -0.15) is 0 Å². The van der Waals surface area contributed by atoms with E-state index in [-0.39, 0.29) is 35.9 Å². The highest BCUT2D eigenvalue weighted by molar-refractivity contribution is 14.0. The molecule has 26 heavy (non-hydrogen) atoms. The fraction of sp³-hybridized carbons (Fsp3) is 0.875. The van der Waals surface area contributed by atoms with Gasteiger partial charge in [0.25, 0.3) is 0 Å². The van der Waals surface area contributed by atoms with Crippen LogP contribution in [-0.2, 0) is 14.8 Å². The molecule has 8 nitrogen and oxygen atoms in total. The predicted molar refractivity (Wildman–Crippen MR) is 114 cm³/mol. The predicted octanol–water partition coefficient (Wildman–Crippen LogP) is 0.452. The number of nitrogens with one attached hydrogen (secondary N) is 2. The van der Waals surface area contributed by atoms with Crippen molar-refractivity contribution in [2.75, 3.05) is 46.0 Å². The number of hydrogen-bond acceptors (Lipinski definition) is 4. The van der Waals surface area contributed by atoms with Gasteiger partial charge in [0.05, 0.1) is 6.26 Å². The summed E-state index contributed by atoms with van der Waals surface area (Å²) in [5.41, 5.74) is 0. The highest BCUT2D eigenvalue weighted by atomic mass is 127. The van der Waals surface area contributed by atoms with Crippen molar-refractivity contribution in [3.8, 4) is 0 Å². The molecule has 1 unspecified atom stereocenters. The third-order valence-corrected chi connectivity index (χ3v) is 6.17. The van der Waals surface area contributed by atoms with E-state index in [4.69, 9.17) is 0 Å². The third kappa shape index (κ3) is 7.18. The normalized spacial score (nSPS) is 23.5. The first kappa shape index (κ1) is 23.4. The van der Waals surface area contributed by atoms with E-state index in [9.17, 15) is 13.2 Å². The summed E-state index contributed by atoms with van der Waals surface area (Å²) in [5.74, 6) is 1.38. The topological polar surface area (TPSA) is 94.1 Å². The van der Waals surface area contributed by atoms with Crippen LogP contribution in [0, 0.1) is 5.92 Å². The van der Waals surface area contributed by atoms with E-state index in [1.54, 1.807) is 9.21 Å². The highest BCUT2D eigenvalue weighted by Crippen LogP contribution is 2.19. The maximum atomic E-state index is 11.6. The number of hydrogen-bond donors (Lipinski definition) is 2. The molecule has 0 aliphatic carbocycles. The van der Waals surface area contributed by atoms with Crippen molar-refractivity contribution in [2.24, 2.45) is 10.9 Å². The molecule has 2 fully saturated rings.